The van der Waals surface area contributed by atoms with Gasteiger partial charge in [-0.1, -0.05) is 20.3 Å². The number of aryl methyl sites for hydroxylation is 3. The minimum Gasteiger partial charge on any atom is -0.388 e. The summed E-state index contributed by atoms with van der Waals surface area (Å²) in [4.78, 5) is 44.4. The normalized spacial score (nSPS) is 11.4. The van der Waals surface area contributed by atoms with Crippen molar-refractivity contribution >= 4 is 28.4 Å². The zero-order valence-electron chi connectivity index (χ0n) is 18.2. The third-order valence-electron chi connectivity index (χ3n) is 5.23. The number of nitrogens with one attached hydrogen (secondary N) is 1. The number of imidazole rings is 1. The van der Waals surface area contributed by atoms with E-state index < -0.39 is 17.2 Å². The molecule has 0 fully saturated rings. The number of carbonyl (C=O) groups is 1. The van der Waals surface area contributed by atoms with E-state index in [1.165, 1.54) is 4.57 Å². The maximum Gasteiger partial charge on any atom is 0.333 e. The summed E-state index contributed by atoms with van der Waals surface area (Å²) >= 11 is 1.55. The standard InChI is InChI=1S/C21H29N5O4S/c1-4-6-9-25-19-18(24(8-5-2)16(13-27)23-19)20(29)26(21(25)30)12-17(28)22-11-15-14(3)7-10-31-15/h7,10,27H,4-6,8-9,11-13H2,1-3H3,(H,22,28). The van der Waals surface area contributed by atoms with Crippen molar-refractivity contribution in [2.24, 2.45) is 0 Å². The molecule has 0 spiro atoms. The molecule has 0 radical (unpaired) electrons. The van der Waals surface area contributed by atoms with Crippen LogP contribution in [0.3, 0.4) is 0 Å². The Morgan fingerprint density at radius 2 is 1.94 bits per heavy atom. The number of amides is 1. The molecule has 31 heavy (non-hydrogen) atoms. The van der Waals surface area contributed by atoms with Gasteiger partial charge in [0.1, 0.15) is 19.0 Å². The summed E-state index contributed by atoms with van der Waals surface area (Å²) in [6, 6.07) is 1.98. The molecule has 0 aliphatic carbocycles. The topological polar surface area (TPSA) is 111 Å². The zero-order valence-corrected chi connectivity index (χ0v) is 19.0. The van der Waals surface area contributed by atoms with Crippen LogP contribution in [-0.4, -0.2) is 29.7 Å². The molecule has 0 atom stereocenters. The van der Waals surface area contributed by atoms with E-state index in [-0.39, 0.29) is 24.3 Å². The number of nitrogens with zero attached hydrogens (tertiary/aromatic N) is 4. The lowest BCUT2D eigenvalue weighted by atomic mass is 10.3. The van der Waals surface area contributed by atoms with Gasteiger partial charge in [-0.05, 0) is 36.8 Å². The average molecular weight is 448 g/mol. The van der Waals surface area contributed by atoms with E-state index in [4.69, 9.17) is 0 Å². The lowest BCUT2D eigenvalue weighted by molar-refractivity contribution is -0.121. The van der Waals surface area contributed by atoms with Gasteiger partial charge < -0.3 is 15.0 Å². The molecule has 0 bridgehead atoms. The molecule has 3 aromatic heterocycles. The fourth-order valence-corrected chi connectivity index (χ4v) is 4.39. The monoisotopic (exact) mass is 447 g/mol. The van der Waals surface area contributed by atoms with Crippen molar-refractivity contribution in [1.29, 1.82) is 0 Å². The molecule has 3 rings (SSSR count). The molecule has 9 nitrogen and oxygen atoms in total. The molecular weight excluding hydrogens is 418 g/mol. The minimum absolute atomic E-state index is 0.253. The Balaban J connectivity index is 2.04. The summed E-state index contributed by atoms with van der Waals surface area (Å²) in [5.41, 5.74) is 0.496. The van der Waals surface area contributed by atoms with Crippen LogP contribution in [0, 0.1) is 6.92 Å². The predicted molar refractivity (Wildman–Crippen MR) is 120 cm³/mol. The minimum atomic E-state index is -0.559. The van der Waals surface area contributed by atoms with Gasteiger partial charge in [0.05, 0.1) is 6.54 Å². The number of unbranched alkanes of at least 4 members (excludes halogenated alkanes) is 1. The number of rotatable bonds is 10. The second-order valence-corrected chi connectivity index (χ2v) is 8.49. The third-order valence-corrected chi connectivity index (χ3v) is 6.26. The van der Waals surface area contributed by atoms with Gasteiger partial charge in [0.25, 0.3) is 5.56 Å². The van der Waals surface area contributed by atoms with E-state index in [1.807, 2.05) is 32.2 Å². The smallest absolute Gasteiger partial charge is 0.333 e. The summed E-state index contributed by atoms with van der Waals surface area (Å²) in [5, 5.41) is 14.5. The van der Waals surface area contributed by atoms with Crippen molar-refractivity contribution in [3.05, 3.63) is 48.5 Å². The molecule has 1 amide bonds. The second kappa shape index (κ2) is 10.1. The van der Waals surface area contributed by atoms with Gasteiger partial charge in [-0.2, -0.15) is 0 Å². The fraction of sp³-hybridized carbons (Fsp3) is 0.524. The first kappa shape index (κ1) is 23.0. The maximum absolute atomic E-state index is 13.3. The van der Waals surface area contributed by atoms with Crippen molar-refractivity contribution in [3.63, 3.8) is 0 Å². The lowest BCUT2D eigenvalue weighted by Crippen LogP contribution is -2.44. The molecule has 168 valence electrons. The van der Waals surface area contributed by atoms with Crippen LogP contribution < -0.4 is 16.6 Å². The Morgan fingerprint density at radius 3 is 2.55 bits per heavy atom. The van der Waals surface area contributed by atoms with Crippen LogP contribution in [0.25, 0.3) is 11.2 Å². The number of thiophene rings is 1. The summed E-state index contributed by atoms with van der Waals surface area (Å²) in [7, 11) is 0. The molecule has 0 aliphatic rings. The first-order valence-electron chi connectivity index (χ1n) is 10.6. The number of aliphatic hydroxyl groups is 1. The first-order chi connectivity index (χ1) is 14.9. The van der Waals surface area contributed by atoms with Crippen molar-refractivity contribution in [2.45, 2.75) is 72.8 Å². The summed E-state index contributed by atoms with van der Waals surface area (Å²) < 4.78 is 4.08. The zero-order chi connectivity index (χ0) is 22.5. The molecular formula is C21H29N5O4S. The largest absolute Gasteiger partial charge is 0.388 e. The van der Waals surface area contributed by atoms with Crippen LogP contribution in [0.2, 0.25) is 0 Å². The quantitative estimate of drug-likeness (QED) is 0.492. The van der Waals surface area contributed by atoms with Crippen LogP contribution in [0.1, 0.15) is 49.4 Å². The number of carbonyl (C=O) groups excluding carboxylic acids is 1. The Bertz CT molecular complexity index is 1190. The predicted octanol–water partition coefficient (Wildman–Crippen LogP) is 1.75. The van der Waals surface area contributed by atoms with E-state index in [9.17, 15) is 19.5 Å². The highest BCUT2D eigenvalue weighted by atomic mass is 32.1. The summed E-state index contributed by atoms with van der Waals surface area (Å²) in [6.45, 7) is 6.45. The van der Waals surface area contributed by atoms with E-state index in [0.29, 0.717) is 25.5 Å². The van der Waals surface area contributed by atoms with Crippen LogP contribution in [0.4, 0.5) is 0 Å². The van der Waals surface area contributed by atoms with Gasteiger partial charge in [0.2, 0.25) is 5.91 Å². The molecule has 3 heterocycles. The number of hydrogen-bond donors (Lipinski definition) is 2. The van der Waals surface area contributed by atoms with Crippen molar-refractivity contribution < 1.29 is 9.90 Å². The highest BCUT2D eigenvalue weighted by Gasteiger charge is 2.22. The molecule has 0 aliphatic heterocycles. The average Bonchev–Trinajstić information content (AvgIpc) is 3.33. The van der Waals surface area contributed by atoms with Crippen molar-refractivity contribution in [2.75, 3.05) is 0 Å². The number of aliphatic hydroxyl groups excluding tert-OH is 1. The van der Waals surface area contributed by atoms with Gasteiger partial charge in [0, 0.05) is 18.0 Å². The molecule has 0 saturated carbocycles. The van der Waals surface area contributed by atoms with Gasteiger partial charge >= 0.3 is 5.69 Å². The van der Waals surface area contributed by atoms with Crippen molar-refractivity contribution in [1.82, 2.24) is 24.0 Å². The molecule has 3 aromatic rings. The summed E-state index contributed by atoms with van der Waals surface area (Å²) in [5.74, 6) is -0.0636. The number of hydrogen-bond acceptors (Lipinski definition) is 6. The Hall–Kier alpha value is -2.72. The highest BCUT2D eigenvalue weighted by molar-refractivity contribution is 7.10. The molecule has 0 saturated heterocycles. The number of fused-ring (bicyclic) bond motifs is 1. The van der Waals surface area contributed by atoms with Gasteiger partial charge in [0.15, 0.2) is 11.2 Å². The van der Waals surface area contributed by atoms with Crippen LogP contribution >= 0.6 is 11.3 Å². The fourth-order valence-electron chi connectivity index (χ4n) is 3.54. The highest BCUT2D eigenvalue weighted by Crippen LogP contribution is 2.15. The van der Waals surface area contributed by atoms with E-state index in [2.05, 4.69) is 10.3 Å². The number of aromatic nitrogens is 4. The Morgan fingerprint density at radius 1 is 1.16 bits per heavy atom. The molecule has 0 unspecified atom stereocenters. The van der Waals surface area contributed by atoms with Crippen LogP contribution in [-0.2, 0) is 37.6 Å². The van der Waals surface area contributed by atoms with E-state index in [1.54, 1.807) is 15.9 Å². The third kappa shape index (κ3) is 4.64. The molecule has 10 heteroatoms. The van der Waals surface area contributed by atoms with Crippen molar-refractivity contribution in [3.8, 4) is 0 Å². The SMILES string of the molecule is CCCCn1c(=O)n(CC(=O)NCc2sccc2C)c(=O)c2c1nc(CO)n2CCC. The van der Waals surface area contributed by atoms with E-state index in [0.717, 1.165) is 34.3 Å². The Kier molecular flexibility index (Phi) is 7.45. The van der Waals surface area contributed by atoms with E-state index >= 15 is 0 Å². The van der Waals surface area contributed by atoms with Gasteiger partial charge in [-0.3, -0.25) is 14.2 Å². The maximum atomic E-state index is 13.3. The van der Waals surface area contributed by atoms with Gasteiger partial charge in [-0.15, -0.1) is 11.3 Å². The second-order valence-electron chi connectivity index (χ2n) is 7.49. The summed E-state index contributed by atoms with van der Waals surface area (Å²) in [6.07, 6.45) is 2.31. The van der Waals surface area contributed by atoms with Gasteiger partial charge in [-0.25, -0.2) is 14.3 Å². The first-order valence-corrected chi connectivity index (χ1v) is 11.4. The van der Waals surface area contributed by atoms with Crippen LogP contribution in [0.5, 0.6) is 0 Å². The van der Waals surface area contributed by atoms with Crippen LogP contribution in [0.15, 0.2) is 21.0 Å². The Labute approximate surface area is 184 Å². The lowest BCUT2D eigenvalue weighted by Gasteiger charge is -2.12. The molecule has 0 aromatic carbocycles. The molecule has 2 N–H and O–H groups in total.